The predicted octanol–water partition coefficient (Wildman–Crippen LogP) is 5.89. The van der Waals surface area contributed by atoms with Crippen LogP contribution >= 0.6 is 35.1 Å². The Kier molecular flexibility index (Phi) is 6.18. The van der Waals surface area contributed by atoms with E-state index in [-0.39, 0.29) is 10.9 Å². The Hall–Kier alpha value is -1.90. The van der Waals surface area contributed by atoms with E-state index in [2.05, 4.69) is 4.98 Å². The van der Waals surface area contributed by atoms with Crippen molar-refractivity contribution in [3.05, 3.63) is 64.7 Å². The zero-order valence-corrected chi connectivity index (χ0v) is 16.6. The van der Waals surface area contributed by atoms with E-state index in [0.717, 1.165) is 16.2 Å². The molecule has 2 heterocycles. The van der Waals surface area contributed by atoms with Gasteiger partial charge in [-0.15, -0.1) is 11.8 Å². The summed E-state index contributed by atoms with van der Waals surface area (Å²) >= 11 is 8.38. The number of hydrogen-bond donors (Lipinski definition) is 2. The van der Waals surface area contributed by atoms with Crippen molar-refractivity contribution in [2.24, 2.45) is 0 Å². The van der Waals surface area contributed by atoms with Crippen molar-refractivity contribution in [1.29, 1.82) is 10.8 Å². The molecule has 0 unspecified atom stereocenters. The third kappa shape index (κ3) is 4.51. The van der Waals surface area contributed by atoms with Crippen molar-refractivity contribution in [2.45, 2.75) is 24.0 Å². The van der Waals surface area contributed by atoms with Gasteiger partial charge in [0.15, 0.2) is 5.82 Å². The number of halogens is 3. The smallest absolute Gasteiger partial charge is 0.285 e. The molecule has 0 saturated heterocycles. The van der Waals surface area contributed by atoms with Gasteiger partial charge in [-0.2, -0.15) is 0 Å². The molecule has 0 bridgehead atoms. The first-order chi connectivity index (χ1) is 12.9. The second-order valence-corrected chi connectivity index (χ2v) is 8.14. The average molecular weight is 425 g/mol. The van der Waals surface area contributed by atoms with Crippen LogP contribution in [0.5, 0.6) is 0 Å². The van der Waals surface area contributed by atoms with Gasteiger partial charge in [0.05, 0.1) is 16.2 Å². The molecule has 3 rings (SSSR count). The zero-order valence-electron chi connectivity index (χ0n) is 14.2. The fourth-order valence-electron chi connectivity index (χ4n) is 2.50. The average Bonchev–Trinajstić information content (AvgIpc) is 2.98. The van der Waals surface area contributed by atoms with Crippen LogP contribution in [-0.2, 0) is 5.75 Å². The summed E-state index contributed by atoms with van der Waals surface area (Å²) in [5, 5.41) is 14.8. The van der Waals surface area contributed by atoms with E-state index in [9.17, 15) is 8.78 Å². The summed E-state index contributed by atoms with van der Waals surface area (Å²) in [5.41, 5.74) is 2.39. The van der Waals surface area contributed by atoms with Crippen LogP contribution in [0.4, 0.5) is 8.78 Å². The molecular formula is C18H15ClF2N4S2. The molecule has 0 aliphatic rings. The number of fused-ring (bicyclic) bond motifs is 1. The molecule has 0 aliphatic heterocycles. The molecule has 9 heteroatoms. The van der Waals surface area contributed by atoms with Crippen LogP contribution in [0.1, 0.15) is 17.1 Å². The van der Waals surface area contributed by atoms with Gasteiger partial charge in [0.25, 0.3) is 6.43 Å². The third-order valence-electron chi connectivity index (χ3n) is 3.70. The number of benzene rings is 1. The topological polar surface area (TPSA) is 65.0 Å². The highest BCUT2D eigenvalue weighted by atomic mass is 35.5. The monoisotopic (exact) mass is 424 g/mol. The quantitative estimate of drug-likeness (QED) is 0.305. The summed E-state index contributed by atoms with van der Waals surface area (Å²) in [6.07, 6.45) is -1.12. The predicted molar refractivity (Wildman–Crippen MR) is 109 cm³/mol. The van der Waals surface area contributed by atoms with Gasteiger partial charge in [-0.1, -0.05) is 41.9 Å². The fourth-order valence-corrected chi connectivity index (χ4v) is 4.36. The van der Waals surface area contributed by atoms with Crippen LogP contribution < -0.4 is 0 Å². The molecule has 140 valence electrons. The highest BCUT2D eigenvalue weighted by Gasteiger charge is 2.20. The van der Waals surface area contributed by atoms with Crippen molar-refractivity contribution in [2.75, 3.05) is 0 Å². The molecule has 0 radical (unpaired) electrons. The molecule has 3 aromatic rings. The van der Waals surface area contributed by atoms with Gasteiger partial charge >= 0.3 is 0 Å². The molecule has 2 aromatic heterocycles. The Morgan fingerprint density at radius 1 is 1.26 bits per heavy atom. The Bertz CT molecular complexity index is 1010. The van der Waals surface area contributed by atoms with Crippen LogP contribution in [0, 0.1) is 17.7 Å². The molecule has 0 aliphatic carbocycles. The lowest BCUT2D eigenvalue weighted by Crippen LogP contribution is -2.10. The molecule has 4 nitrogen and oxygen atoms in total. The molecule has 0 spiro atoms. The van der Waals surface area contributed by atoms with Crippen molar-refractivity contribution in [3.8, 4) is 0 Å². The van der Waals surface area contributed by atoms with Crippen LogP contribution in [0.15, 0.2) is 47.5 Å². The minimum absolute atomic E-state index is 0.196. The largest absolute Gasteiger partial charge is 0.295 e. The van der Waals surface area contributed by atoms with E-state index in [0.29, 0.717) is 28.0 Å². The van der Waals surface area contributed by atoms with Gasteiger partial charge in [0.2, 0.25) is 0 Å². The Balaban J connectivity index is 1.92. The number of alkyl halides is 2. The number of nitrogens with one attached hydrogen (secondary N) is 2. The number of aromatic nitrogens is 2. The van der Waals surface area contributed by atoms with Gasteiger partial charge in [0, 0.05) is 16.8 Å². The first-order valence-corrected chi connectivity index (χ1v) is 10.0. The Morgan fingerprint density at radius 2 is 1.96 bits per heavy atom. The van der Waals surface area contributed by atoms with Crippen LogP contribution in [0.2, 0.25) is 5.02 Å². The first kappa shape index (κ1) is 19.9. The maximum atomic E-state index is 12.6. The maximum Gasteiger partial charge on any atom is 0.285 e. The zero-order chi connectivity index (χ0) is 19.6. The summed E-state index contributed by atoms with van der Waals surface area (Å²) in [6.45, 7) is 1.75. The summed E-state index contributed by atoms with van der Waals surface area (Å²) in [4.78, 5) is 5.18. The second-order valence-electron chi connectivity index (χ2n) is 5.63. The standard InChI is InChI=1S/C18H15ClF2N4S2/c1-10-14-13(19)7-12(26-9-11-5-3-2-4-6-11)8-25(14)18(24-10)17(23)27-16(22)15(20)21/h2-8,15,22-23H,9H2,1H3. The molecule has 0 atom stereocenters. The Labute approximate surface area is 168 Å². The summed E-state index contributed by atoms with van der Waals surface area (Å²) < 4.78 is 26.9. The molecule has 2 N–H and O–H groups in total. The molecular weight excluding hydrogens is 410 g/mol. The molecule has 0 saturated carbocycles. The highest BCUT2D eigenvalue weighted by Crippen LogP contribution is 2.31. The lowest BCUT2D eigenvalue weighted by atomic mass is 10.2. The van der Waals surface area contributed by atoms with Gasteiger partial charge < -0.3 is 0 Å². The van der Waals surface area contributed by atoms with Crippen LogP contribution in [0.3, 0.4) is 0 Å². The first-order valence-electron chi connectivity index (χ1n) is 7.85. The van der Waals surface area contributed by atoms with Gasteiger partial charge in [-0.3, -0.25) is 15.2 Å². The van der Waals surface area contributed by atoms with Crippen molar-refractivity contribution >= 4 is 50.7 Å². The van der Waals surface area contributed by atoms with E-state index in [1.807, 2.05) is 36.4 Å². The highest BCUT2D eigenvalue weighted by molar-refractivity contribution is 8.26. The van der Waals surface area contributed by atoms with Gasteiger partial charge in [-0.05, 0) is 30.3 Å². The maximum absolute atomic E-state index is 12.6. The fraction of sp³-hybridized carbons (Fsp3) is 0.167. The number of aryl methyl sites for hydroxylation is 1. The Morgan fingerprint density at radius 3 is 2.63 bits per heavy atom. The van der Waals surface area contributed by atoms with Crippen LogP contribution in [0.25, 0.3) is 5.52 Å². The van der Waals surface area contributed by atoms with Gasteiger partial charge in [-0.25, -0.2) is 13.8 Å². The van der Waals surface area contributed by atoms with E-state index in [1.165, 1.54) is 0 Å². The molecule has 27 heavy (non-hydrogen) atoms. The van der Waals surface area contributed by atoms with E-state index in [4.69, 9.17) is 22.4 Å². The molecule has 0 amide bonds. The minimum Gasteiger partial charge on any atom is -0.295 e. The molecule has 0 fully saturated rings. The minimum atomic E-state index is -2.91. The van der Waals surface area contributed by atoms with E-state index in [1.54, 1.807) is 29.3 Å². The van der Waals surface area contributed by atoms with Crippen molar-refractivity contribution in [3.63, 3.8) is 0 Å². The lowest BCUT2D eigenvalue weighted by molar-refractivity contribution is 0.228. The normalized spacial score (nSPS) is 11.3. The van der Waals surface area contributed by atoms with Crippen molar-refractivity contribution < 1.29 is 8.78 Å². The van der Waals surface area contributed by atoms with E-state index < -0.39 is 11.5 Å². The number of pyridine rings is 1. The lowest BCUT2D eigenvalue weighted by Gasteiger charge is -2.08. The number of hydrogen-bond acceptors (Lipinski definition) is 5. The SMILES string of the molecule is Cc1nc(C(=N)SC(=N)C(F)F)n2cc(SCc3ccccc3)cc(Cl)c12. The number of rotatable bonds is 5. The van der Waals surface area contributed by atoms with Crippen LogP contribution in [-0.4, -0.2) is 25.9 Å². The summed E-state index contributed by atoms with van der Waals surface area (Å²) in [6, 6.07) is 11.8. The second kappa shape index (κ2) is 8.41. The third-order valence-corrected chi connectivity index (χ3v) is 5.81. The van der Waals surface area contributed by atoms with Gasteiger partial charge in [0.1, 0.15) is 10.1 Å². The van der Waals surface area contributed by atoms with Crippen molar-refractivity contribution in [1.82, 2.24) is 9.38 Å². The summed E-state index contributed by atoms with van der Waals surface area (Å²) in [7, 11) is 0. The number of imidazole rings is 1. The number of thioether (sulfide) groups is 2. The molecule has 1 aromatic carbocycles. The summed E-state index contributed by atoms with van der Waals surface area (Å²) in [5.74, 6) is 0.940. The number of nitrogens with zero attached hydrogens (tertiary/aromatic N) is 2. The van der Waals surface area contributed by atoms with E-state index >= 15 is 0 Å².